The molecule has 16 heavy (non-hydrogen) atoms. The van der Waals surface area contributed by atoms with Crippen molar-refractivity contribution in [3.8, 4) is 0 Å². The zero-order valence-corrected chi connectivity index (χ0v) is 10.9. The van der Waals surface area contributed by atoms with Gasteiger partial charge in [0.15, 0.2) is 0 Å². The van der Waals surface area contributed by atoms with Crippen LogP contribution in [0.3, 0.4) is 0 Å². The highest BCUT2D eigenvalue weighted by molar-refractivity contribution is 6.29. The molecule has 0 aromatic heterocycles. The van der Waals surface area contributed by atoms with E-state index in [1.807, 2.05) is 0 Å². The summed E-state index contributed by atoms with van der Waals surface area (Å²) in [4.78, 5) is 0. The Hall–Kier alpha value is -0.700. The lowest BCUT2D eigenvalue weighted by atomic mass is 9.93. The highest BCUT2D eigenvalue weighted by Crippen LogP contribution is 2.14. The average Bonchev–Trinajstić information content (AvgIpc) is 2.26. The lowest BCUT2D eigenvalue weighted by Gasteiger charge is -2.12. The highest BCUT2D eigenvalue weighted by Gasteiger charge is 2.10. The zero-order chi connectivity index (χ0) is 11.5. The number of rotatable bonds is 10. The quantitative estimate of drug-likeness (QED) is 0.383. The first-order chi connectivity index (χ1) is 7.26. The fourth-order valence-corrected chi connectivity index (χ4v) is 1.65. The van der Waals surface area contributed by atoms with Gasteiger partial charge in [-0.05, 0) is 19.1 Å². The second kappa shape index (κ2) is 12.4. The molecule has 0 radical (unpaired) electrons. The SMILES string of the molecule is CCCCCCCC(CC=N)C(=N)C=N.Cl. The molecule has 3 nitrogen and oxygen atoms in total. The molecular weight excluding hydrogens is 222 g/mol. The van der Waals surface area contributed by atoms with E-state index in [1.165, 1.54) is 31.9 Å². The minimum atomic E-state index is 0. The summed E-state index contributed by atoms with van der Waals surface area (Å²) in [5, 5.41) is 21.7. The van der Waals surface area contributed by atoms with E-state index in [0.717, 1.165) is 19.1 Å². The first kappa shape index (κ1) is 17.7. The number of hydrogen-bond donors (Lipinski definition) is 3. The largest absolute Gasteiger partial charge is 0.313 e. The van der Waals surface area contributed by atoms with Gasteiger partial charge in [-0.3, -0.25) is 0 Å². The average molecular weight is 246 g/mol. The number of halogens is 1. The predicted octanol–water partition coefficient (Wildman–Crippen LogP) is 4.09. The summed E-state index contributed by atoms with van der Waals surface area (Å²) in [6.07, 6.45) is 10.2. The number of unbranched alkanes of at least 4 members (excludes halogenated alkanes) is 4. The fraction of sp³-hybridized carbons (Fsp3) is 0.750. The van der Waals surface area contributed by atoms with Crippen LogP contribution >= 0.6 is 12.4 Å². The van der Waals surface area contributed by atoms with E-state index < -0.39 is 0 Å². The summed E-state index contributed by atoms with van der Waals surface area (Å²) in [7, 11) is 0. The zero-order valence-electron chi connectivity index (χ0n) is 10.1. The van der Waals surface area contributed by atoms with E-state index in [0.29, 0.717) is 12.1 Å². The maximum Gasteiger partial charge on any atom is 0.0523 e. The van der Waals surface area contributed by atoms with Gasteiger partial charge in [-0.25, -0.2) is 0 Å². The molecular formula is C12H24ClN3. The molecule has 0 aliphatic carbocycles. The molecule has 0 spiro atoms. The lowest BCUT2D eigenvalue weighted by molar-refractivity contribution is 0.555. The van der Waals surface area contributed by atoms with Crippen molar-refractivity contribution in [2.45, 2.75) is 51.9 Å². The Morgan fingerprint density at radius 3 is 2.25 bits per heavy atom. The Kier molecular flexibility index (Phi) is 13.7. The van der Waals surface area contributed by atoms with Gasteiger partial charge >= 0.3 is 0 Å². The molecule has 1 atom stereocenters. The molecule has 0 aromatic carbocycles. The fourth-order valence-electron chi connectivity index (χ4n) is 1.65. The minimum Gasteiger partial charge on any atom is -0.313 e. The van der Waals surface area contributed by atoms with Gasteiger partial charge in [0.25, 0.3) is 0 Å². The summed E-state index contributed by atoms with van der Waals surface area (Å²) < 4.78 is 0. The van der Waals surface area contributed by atoms with Gasteiger partial charge in [-0.1, -0.05) is 39.0 Å². The molecule has 0 amide bonds. The normalized spacial score (nSPS) is 11.3. The van der Waals surface area contributed by atoms with Gasteiger partial charge in [0, 0.05) is 12.1 Å². The van der Waals surface area contributed by atoms with Gasteiger partial charge in [-0.15, -0.1) is 12.4 Å². The highest BCUT2D eigenvalue weighted by atomic mass is 35.5. The van der Waals surface area contributed by atoms with E-state index >= 15 is 0 Å². The Morgan fingerprint density at radius 1 is 1.12 bits per heavy atom. The molecule has 0 rings (SSSR count). The molecule has 94 valence electrons. The Balaban J connectivity index is 0. The van der Waals surface area contributed by atoms with Gasteiger partial charge in [0.05, 0.1) is 5.71 Å². The van der Waals surface area contributed by atoms with Crippen LogP contribution in [-0.2, 0) is 0 Å². The van der Waals surface area contributed by atoms with Crippen LogP contribution < -0.4 is 0 Å². The number of nitrogens with one attached hydrogen (secondary N) is 3. The van der Waals surface area contributed by atoms with Crippen molar-refractivity contribution in [2.24, 2.45) is 5.92 Å². The van der Waals surface area contributed by atoms with Crippen LogP contribution in [0.4, 0.5) is 0 Å². The maximum absolute atomic E-state index is 7.57. The van der Waals surface area contributed by atoms with Crippen LogP contribution in [0.25, 0.3) is 0 Å². The van der Waals surface area contributed by atoms with Crippen molar-refractivity contribution >= 4 is 30.5 Å². The molecule has 0 aliphatic rings. The molecule has 4 heteroatoms. The van der Waals surface area contributed by atoms with Crippen LogP contribution in [0.2, 0.25) is 0 Å². The van der Waals surface area contributed by atoms with Crippen LogP contribution in [0.5, 0.6) is 0 Å². The third-order valence-corrected chi connectivity index (χ3v) is 2.65. The van der Waals surface area contributed by atoms with Crippen molar-refractivity contribution in [1.82, 2.24) is 0 Å². The summed E-state index contributed by atoms with van der Waals surface area (Å²) in [5.74, 6) is 0.0987. The smallest absolute Gasteiger partial charge is 0.0523 e. The van der Waals surface area contributed by atoms with Gasteiger partial charge in [-0.2, -0.15) is 0 Å². The van der Waals surface area contributed by atoms with Crippen molar-refractivity contribution < 1.29 is 0 Å². The Bertz CT molecular complexity index is 204. The summed E-state index contributed by atoms with van der Waals surface area (Å²) in [5.41, 5.74) is 0.369. The van der Waals surface area contributed by atoms with Crippen LogP contribution in [0.1, 0.15) is 51.9 Å². The van der Waals surface area contributed by atoms with Crippen LogP contribution in [-0.4, -0.2) is 18.1 Å². The van der Waals surface area contributed by atoms with Crippen molar-refractivity contribution in [3.05, 3.63) is 0 Å². The second-order valence-corrected chi connectivity index (χ2v) is 3.94. The van der Waals surface area contributed by atoms with E-state index in [-0.39, 0.29) is 18.3 Å². The monoisotopic (exact) mass is 245 g/mol. The molecule has 0 fully saturated rings. The van der Waals surface area contributed by atoms with E-state index in [4.69, 9.17) is 16.2 Å². The maximum atomic E-state index is 7.57. The standard InChI is InChI=1S/C12H23N3.ClH/c1-2-3-4-5-6-7-11(8-9-13)12(15)10-14;/h9-11,13-15H,2-8H2,1H3;1H. The van der Waals surface area contributed by atoms with Crippen molar-refractivity contribution in [3.63, 3.8) is 0 Å². The van der Waals surface area contributed by atoms with E-state index in [9.17, 15) is 0 Å². The van der Waals surface area contributed by atoms with Crippen LogP contribution in [0.15, 0.2) is 0 Å². The van der Waals surface area contributed by atoms with Gasteiger partial charge in [0.1, 0.15) is 0 Å². The predicted molar refractivity (Wildman–Crippen MR) is 74.0 cm³/mol. The van der Waals surface area contributed by atoms with E-state index in [1.54, 1.807) is 0 Å². The molecule has 0 saturated carbocycles. The first-order valence-corrected chi connectivity index (χ1v) is 5.84. The van der Waals surface area contributed by atoms with Gasteiger partial charge in [0.2, 0.25) is 0 Å². The lowest BCUT2D eigenvalue weighted by Crippen LogP contribution is -2.15. The third-order valence-electron chi connectivity index (χ3n) is 2.65. The molecule has 3 N–H and O–H groups in total. The third kappa shape index (κ3) is 8.60. The van der Waals surface area contributed by atoms with Crippen LogP contribution in [0, 0.1) is 22.1 Å². The topological polar surface area (TPSA) is 71.6 Å². The Morgan fingerprint density at radius 2 is 1.75 bits per heavy atom. The summed E-state index contributed by atoms with van der Waals surface area (Å²) in [6, 6.07) is 0. The Labute approximate surface area is 105 Å². The van der Waals surface area contributed by atoms with Gasteiger partial charge < -0.3 is 16.2 Å². The molecule has 1 unspecified atom stereocenters. The summed E-state index contributed by atoms with van der Waals surface area (Å²) in [6.45, 7) is 2.20. The first-order valence-electron chi connectivity index (χ1n) is 5.84. The summed E-state index contributed by atoms with van der Waals surface area (Å²) >= 11 is 0. The molecule has 0 heterocycles. The minimum absolute atomic E-state index is 0. The second-order valence-electron chi connectivity index (χ2n) is 3.94. The van der Waals surface area contributed by atoms with E-state index in [2.05, 4.69) is 6.92 Å². The molecule has 0 bridgehead atoms. The van der Waals surface area contributed by atoms with Crippen molar-refractivity contribution in [1.29, 1.82) is 16.2 Å². The molecule has 0 aliphatic heterocycles. The van der Waals surface area contributed by atoms with Crippen molar-refractivity contribution in [2.75, 3.05) is 0 Å². The number of hydrogen-bond acceptors (Lipinski definition) is 3. The molecule has 0 saturated heterocycles. The molecule has 0 aromatic rings.